The van der Waals surface area contributed by atoms with Gasteiger partial charge in [0.15, 0.2) is 5.13 Å². The summed E-state index contributed by atoms with van der Waals surface area (Å²) in [5, 5.41) is 6.30. The SMILES string of the molecule is COCc1ncsc1-c1csc(NC(C)C)n1. The molecule has 0 fully saturated rings. The van der Waals surface area contributed by atoms with Crippen molar-refractivity contribution in [2.75, 3.05) is 12.4 Å². The van der Waals surface area contributed by atoms with Crippen LogP contribution in [-0.2, 0) is 11.3 Å². The largest absolute Gasteiger partial charge is 0.378 e. The second-order valence-electron chi connectivity index (χ2n) is 3.90. The maximum absolute atomic E-state index is 5.12. The van der Waals surface area contributed by atoms with Crippen molar-refractivity contribution in [3.8, 4) is 10.6 Å². The highest BCUT2D eigenvalue weighted by Gasteiger charge is 2.12. The molecule has 0 bridgehead atoms. The molecular formula is C11H15N3OS2. The van der Waals surface area contributed by atoms with Crippen LogP contribution in [0.25, 0.3) is 10.6 Å². The number of rotatable bonds is 5. The molecule has 0 amide bonds. The fourth-order valence-corrected chi connectivity index (χ4v) is 3.09. The quantitative estimate of drug-likeness (QED) is 0.905. The van der Waals surface area contributed by atoms with Crippen LogP contribution in [0.2, 0.25) is 0 Å². The van der Waals surface area contributed by atoms with Crippen molar-refractivity contribution in [3.05, 3.63) is 16.6 Å². The average molecular weight is 269 g/mol. The average Bonchev–Trinajstić information content (AvgIpc) is 2.86. The predicted molar refractivity (Wildman–Crippen MR) is 72.7 cm³/mol. The first kappa shape index (κ1) is 12.5. The third kappa shape index (κ3) is 3.02. The molecule has 17 heavy (non-hydrogen) atoms. The van der Waals surface area contributed by atoms with Crippen molar-refractivity contribution in [3.63, 3.8) is 0 Å². The van der Waals surface area contributed by atoms with Crippen LogP contribution in [0.15, 0.2) is 10.9 Å². The standard InChI is InChI=1S/C11H15N3OS2/c1-7(2)13-11-14-9(5-16-11)10-8(4-15-3)12-6-17-10/h5-7H,4H2,1-3H3,(H,13,14). The first-order chi connectivity index (χ1) is 8.20. The highest BCUT2D eigenvalue weighted by Crippen LogP contribution is 2.31. The molecule has 0 radical (unpaired) electrons. The van der Waals surface area contributed by atoms with Crippen molar-refractivity contribution in [1.29, 1.82) is 0 Å². The summed E-state index contributed by atoms with van der Waals surface area (Å²) in [7, 11) is 1.68. The summed E-state index contributed by atoms with van der Waals surface area (Å²) in [6.07, 6.45) is 0. The summed E-state index contributed by atoms with van der Waals surface area (Å²) in [4.78, 5) is 9.95. The molecule has 2 heterocycles. The third-order valence-electron chi connectivity index (χ3n) is 2.07. The van der Waals surface area contributed by atoms with Gasteiger partial charge in [-0.15, -0.1) is 22.7 Å². The van der Waals surface area contributed by atoms with Crippen molar-refractivity contribution in [2.45, 2.75) is 26.5 Å². The summed E-state index contributed by atoms with van der Waals surface area (Å²) in [6.45, 7) is 4.73. The summed E-state index contributed by atoms with van der Waals surface area (Å²) in [5.74, 6) is 0. The zero-order chi connectivity index (χ0) is 12.3. The minimum atomic E-state index is 0.397. The minimum absolute atomic E-state index is 0.397. The maximum Gasteiger partial charge on any atom is 0.183 e. The summed E-state index contributed by atoms with van der Waals surface area (Å²) in [5.41, 5.74) is 3.77. The number of hydrogen-bond acceptors (Lipinski definition) is 6. The molecule has 4 nitrogen and oxygen atoms in total. The van der Waals surface area contributed by atoms with E-state index in [1.165, 1.54) is 0 Å². The molecule has 1 N–H and O–H groups in total. The lowest BCUT2D eigenvalue weighted by atomic mass is 10.3. The molecule has 0 aliphatic carbocycles. The van der Waals surface area contributed by atoms with Crippen LogP contribution in [0.1, 0.15) is 19.5 Å². The van der Waals surface area contributed by atoms with Crippen molar-refractivity contribution in [1.82, 2.24) is 9.97 Å². The van der Waals surface area contributed by atoms with Crippen LogP contribution in [0, 0.1) is 0 Å². The van der Waals surface area contributed by atoms with E-state index in [2.05, 4.69) is 34.5 Å². The number of thiazole rings is 2. The van der Waals surface area contributed by atoms with E-state index in [4.69, 9.17) is 4.74 Å². The Morgan fingerprint density at radius 3 is 2.94 bits per heavy atom. The van der Waals surface area contributed by atoms with E-state index in [9.17, 15) is 0 Å². The molecule has 0 atom stereocenters. The van der Waals surface area contributed by atoms with Gasteiger partial charge in [0.1, 0.15) is 0 Å². The van der Waals surface area contributed by atoms with Gasteiger partial charge < -0.3 is 10.1 Å². The van der Waals surface area contributed by atoms with Crippen LogP contribution in [0.5, 0.6) is 0 Å². The smallest absolute Gasteiger partial charge is 0.183 e. The first-order valence-electron chi connectivity index (χ1n) is 5.34. The Morgan fingerprint density at radius 1 is 1.41 bits per heavy atom. The van der Waals surface area contributed by atoms with E-state index in [0.29, 0.717) is 12.6 Å². The lowest BCUT2D eigenvalue weighted by Crippen LogP contribution is -2.08. The Balaban J connectivity index is 2.21. The van der Waals surface area contributed by atoms with Crippen LogP contribution in [-0.4, -0.2) is 23.1 Å². The van der Waals surface area contributed by atoms with Gasteiger partial charge in [-0.1, -0.05) is 0 Å². The Bertz CT molecular complexity index is 479. The number of ether oxygens (including phenoxy) is 1. The highest BCUT2D eigenvalue weighted by atomic mass is 32.1. The summed E-state index contributed by atoms with van der Waals surface area (Å²) in [6, 6.07) is 0.397. The fraction of sp³-hybridized carbons (Fsp3) is 0.455. The second kappa shape index (κ2) is 5.57. The molecule has 0 saturated heterocycles. The van der Waals surface area contributed by atoms with Gasteiger partial charge in [-0.3, -0.25) is 0 Å². The monoisotopic (exact) mass is 269 g/mol. The third-order valence-corrected chi connectivity index (χ3v) is 3.74. The van der Waals surface area contributed by atoms with E-state index in [-0.39, 0.29) is 0 Å². The summed E-state index contributed by atoms with van der Waals surface area (Å²) >= 11 is 3.22. The molecule has 0 saturated carbocycles. The zero-order valence-electron chi connectivity index (χ0n) is 10.1. The molecule has 6 heteroatoms. The molecule has 0 unspecified atom stereocenters. The Morgan fingerprint density at radius 2 is 2.24 bits per heavy atom. The van der Waals surface area contributed by atoms with Gasteiger partial charge >= 0.3 is 0 Å². The van der Waals surface area contributed by atoms with Crippen molar-refractivity contribution in [2.24, 2.45) is 0 Å². The van der Waals surface area contributed by atoms with Gasteiger partial charge in [-0.05, 0) is 13.8 Å². The molecule has 0 aliphatic rings. The number of methoxy groups -OCH3 is 1. The van der Waals surface area contributed by atoms with Crippen molar-refractivity contribution >= 4 is 27.8 Å². The van der Waals surface area contributed by atoms with Gasteiger partial charge in [-0.25, -0.2) is 9.97 Å². The van der Waals surface area contributed by atoms with Gasteiger partial charge in [0.2, 0.25) is 0 Å². The number of anilines is 1. The Kier molecular flexibility index (Phi) is 4.09. The second-order valence-corrected chi connectivity index (χ2v) is 5.61. The van der Waals surface area contributed by atoms with Crippen LogP contribution < -0.4 is 5.32 Å². The zero-order valence-corrected chi connectivity index (χ0v) is 11.7. The Hall–Kier alpha value is -0.980. The first-order valence-corrected chi connectivity index (χ1v) is 7.10. The topological polar surface area (TPSA) is 47.0 Å². The van der Waals surface area contributed by atoms with Gasteiger partial charge in [-0.2, -0.15) is 0 Å². The number of nitrogens with one attached hydrogen (secondary N) is 1. The Labute approximate surface area is 109 Å². The molecule has 2 rings (SSSR count). The molecule has 0 spiro atoms. The molecular weight excluding hydrogens is 254 g/mol. The number of aromatic nitrogens is 2. The van der Waals surface area contributed by atoms with Crippen LogP contribution >= 0.6 is 22.7 Å². The van der Waals surface area contributed by atoms with E-state index in [1.54, 1.807) is 29.8 Å². The fourth-order valence-electron chi connectivity index (χ4n) is 1.41. The van der Waals surface area contributed by atoms with E-state index in [1.807, 2.05) is 5.51 Å². The normalized spacial score (nSPS) is 11.1. The van der Waals surface area contributed by atoms with E-state index < -0.39 is 0 Å². The van der Waals surface area contributed by atoms with Crippen LogP contribution in [0.4, 0.5) is 5.13 Å². The maximum atomic E-state index is 5.12. The number of hydrogen-bond donors (Lipinski definition) is 1. The molecule has 92 valence electrons. The molecule has 0 aromatic carbocycles. The predicted octanol–water partition coefficient (Wildman–Crippen LogP) is 3.23. The number of nitrogens with zero attached hydrogens (tertiary/aromatic N) is 2. The highest BCUT2D eigenvalue weighted by molar-refractivity contribution is 7.15. The molecule has 0 aliphatic heterocycles. The minimum Gasteiger partial charge on any atom is -0.378 e. The van der Waals surface area contributed by atoms with E-state index in [0.717, 1.165) is 21.4 Å². The van der Waals surface area contributed by atoms with Crippen LogP contribution in [0.3, 0.4) is 0 Å². The lowest BCUT2D eigenvalue weighted by Gasteiger charge is -2.04. The lowest BCUT2D eigenvalue weighted by molar-refractivity contribution is 0.182. The molecule has 2 aromatic heterocycles. The van der Waals surface area contributed by atoms with Gasteiger partial charge in [0, 0.05) is 18.5 Å². The van der Waals surface area contributed by atoms with E-state index >= 15 is 0 Å². The van der Waals surface area contributed by atoms with Crippen molar-refractivity contribution < 1.29 is 4.74 Å². The molecule has 2 aromatic rings. The summed E-state index contributed by atoms with van der Waals surface area (Å²) < 4.78 is 5.12. The van der Waals surface area contributed by atoms with Gasteiger partial charge in [0.25, 0.3) is 0 Å². The van der Waals surface area contributed by atoms with Gasteiger partial charge in [0.05, 0.1) is 28.4 Å².